The fourth-order valence-electron chi connectivity index (χ4n) is 22.3. The Bertz CT molecular complexity index is 10700. The molecule has 660 valence electrons. The van der Waals surface area contributed by atoms with Crippen LogP contribution in [0.4, 0.5) is 0 Å². The number of para-hydroxylation sites is 5. The Kier molecular flexibility index (Phi) is 18.8. The minimum Gasteiger partial charge on any atom is -0.308 e. The molecule has 0 saturated heterocycles. The van der Waals surface area contributed by atoms with E-state index in [4.69, 9.17) is 29.9 Å². The molecule has 9 heterocycles. The maximum absolute atomic E-state index is 5.49. The Morgan fingerprint density at radius 3 is 0.965 bits per heavy atom. The maximum atomic E-state index is 5.49. The average Bonchev–Trinajstić information content (AvgIpc) is 1.54. The first-order valence-electron chi connectivity index (χ1n) is 47.9. The molecule has 0 aliphatic carbocycles. The van der Waals surface area contributed by atoms with Crippen molar-refractivity contribution in [3.63, 3.8) is 0 Å². The summed E-state index contributed by atoms with van der Waals surface area (Å²) in [5, 5.41) is 28.4. The molecule has 0 spiro atoms. The molecular weight excluding hydrogens is 1780 g/mol. The molecular formula is C130H77N9S3. The molecule has 0 amide bonds. The quantitative estimate of drug-likeness (QED) is 0.143. The van der Waals surface area contributed by atoms with Crippen molar-refractivity contribution in [3.05, 3.63) is 467 Å². The van der Waals surface area contributed by atoms with Crippen LogP contribution in [0.3, 0.4) is 0 Å². The van der Waals surface area contributed by atoms with Crippen molar-refractivity contribution in [2.75, 3.05) is 0 Å². The van der Waals surface area contributed by atoms with E-state index < -0.39 is 0 Å². The predicted octanol–water partition coefficient (Wildman–Crippen LogP) is 35.9. The van der Waals surface area contributed by atoms with Crippen LogP contribution in [0.25, 0.3) is 287 Å². The highest BCUT2D eigenvalue weighted by molar-refractivity contribution is 7.28. The molecule has 0 N–H and O–H groups in total. The smallest absolute Gasteiger partial charge is 0.235 e. The van der Waals surface area contributed by atoms with E-state index in [0.29, 0.717) is 11.9 Å². The second-order valence-corrected chi connectivity index (χ2v) is 39.6. The van der Waals surface area contributed by atoms with Gasteiger partial charge in [0.2, 0.25) is 11.9 Å². The first kappa shape index (κ1) is 81.2. The van der Waals surface area contributed by atoms with Gasteiger partial charge < -0.3 is 4.57 Å². The molecule has 0 atom stereocenters. The third-order valence-corrected chi connectivity index (χ3v) is 32.1. The van der Waals surface area contributed by atoms with Crippen molar-refractivity contribution >= 4 is 236 Å². The fraction of sp³-hybridized carbons (Fsp3) is 0. The lowest BCUT2D eigenvalue weighted by Crippen LogP contribution is -2.03. The Balaban J connectivity index is 0.000000102. The Hall–Kier alpha value is -18.0. The number of benzene rings is 22. The lowest BCUT2D eigenvalue weighted by Gasteiger charge is -2.13. The van der Waals surface area contributed by atoms with Crippen molar-refractivity contribution in [2.24, 2.45) is 0 Å². The summed E-state index contributed by atoms with van der Waals surface area (Å²) in [6.45, 7) is 0. The number of thiophene rings is 3. The largest absolute Gasteiger partial charge is 0.308 e. The van der Waals surface area contributed by atoms with Crippen LogP contribution in [-0.2, 0) is 0 Å². The van der Waals surface area contributed by atoms with Gasteiger partial charge in [-0.2, -0.15) is 0 Å². The first-order valence-corrected chi connectivity index (χ1v) is 50.4. The molecule has 0 unspecified atom stereocenters. The van der Waals surface area contributed by atoms with E-state index in [-0.39, 0.29) is 0 Å². The Morgan fingerprint density at radius 1 is 0.169 bits per heavy atom. The van der Waals surface area contributed by atoms with E-state index in [1.165, 1.54) is 175 Å². The van der Waals surface area contributed by atoms with E-state index in [2.05, 4.69) is 469 Å². The summed E-state index contributed by atoms with van der Waals surface area (Å²) in [6.07, 6.45) is 0. The van der Waals surface area contributed by atoms with E-state index in [1.54, 1.807) is 0 Å². The van der Waals surface area contributed by atoms with Crippen LogP contribution in [0, 0.1) is 0 Å². The zero-order chi connectivity index (χ0) is 93.1. The summed E-state index contributed by atoms with van der Waals surface area (Å²) in [5.41, 5.74) is 22.7. The van der Waals surface area contributed by atoms with Crippen LogP contribution in [0.5, 0.6) is 0 Å². The molecule has 0 saturated carbocycles. The van der Waals surface area contributed by atoms with Crippen molar-refractivity contribution in [1.29, 1.82) is 0 Å². The van der Waals surface area contributed by atoms with Gasteiger partial charge in [0.05, 0.1) is 80.8 Å². The van der Waals surface area contributed by atoms with Gasteiger partial charge >= 0.3 is 0 Å². The third kappa shape index (κ3) is 12.9. The van der Waals surface area contributed by atoms with Gasteiger partial charge in [-0.25, -0.2) is 29.9 Å². The van der Waals surface area contributed by atoms with Crippen LogP contribution in [0.2, 0.25) is 0 Å². The van der Waals surface area contributed by atoms with Gasteiger partial charge in [-0.15, -0.1) is 34.0 Å². The van der Waals surface area contributed by atoms with Crippen LogP contribution in [0.1, 0.15) is 0 Å². The summed E-state index contributed by atoms with van der Waals surface area (Å²) in [6, 6.07) is 167. The number of hydrogen-bond acceptors (Lipinski definition) is 9. The predicted molar refractivity (Wildman–Crippen MR) is 603 cm³/mol. The standard InChI is InChI=1S/C48H29N3S.C42H25N3S.C40H23N3S/c1-3-13-30(14-4-1)32-23-25-33(26-24-32)45-37-19-9-11-21-40(37)49-48(50-45)51-41-28-27-34(31-15-5-2-6-16-31)29-39(41)43-35-17-7-8-18-36(35)44-38-20-10-12-22-42(38)52-47(44)46(43)51;1-2-12-26(13-3-1)39-31-16-6-9-19-34(31)43-42(44-39)27-22-24-28(25-23-27)45-35-20-10-7-17-32(35)37-29-14-4-5-15-30(29)38-33-18-8-11-21-36(33)46-41(38)40(37)45;1-2-12-25-23-26(22-21-24(25)11-1)37-29-15-5-8-18-32(29)41-40(42-37)43-33-19-9-6-16-30(33)35-27-13-3-4-14-28(27)36-31-17-7-10-20-34(31)44-39(36)38(35)43/h1-29H;1-25H;1-23H. The average molecular weight is 1860 g/mol. The third-order valence-electron chi connectivity index (χ3n) is 28.6. The van der Waals surface area contributed by atoms with Crippen molar-refractivity contribution in [1.82, 2.24) is 43.6 Å². The topological polar surface area (TPSA) is 92.1 Å². The summed E-state index contributed by atoms with van der Waals surface area (Å²) < 4.78 is 14.8. The summed E-state index contributed by atoms with van der Waals surface area (Å²) in [5.74, 6) is 2.08. The van der Waals surface area contributed by atoms with E-state index in [0.717, 1.165) is 100 Å². The second kappa shape index (κ2) is 32.8. The van der Waals surface area contributed by atoms with Gasteiger partial charge in [0, 0.05) is 123 Å². The summed E-state index contributed by atoms with van der Waals surface area (Å²) in [7, 11) is 0. The lowest BCUT2D eigenvalue weighted by molar-refractivity contribution is 1.02. The molecule has 0 aliphatic rings. The zero-order valence-corrected chi connectivity index (χ0v) is 78.7. The van der Waals surface area contributed by atoms with E-state index >= 15 is 0 Å². The monoisotopic (exact) mass is 1860 g/mol. The van der Waals surface area contributed by atoms with Crippen molar-refractivity contribution < 1.29 is 0 Å². The number of rotatable bonds is 9. The molecule has 12 heteroatoms. The van der Waals surface area contributed by atoms with Gasteiger partial charge in [0.1, 0.15) is 0 Å². The van der Waals surface area contributed by atoms with Crippen molar-refractivity contribution in [3.8, 4) is 85.0 Å². The van der Waals surface area contributed by atoms with Gasteiger partial charge in [0.15, 0.2) is 5.82 Å². The van der Waals surface area contributed by atoms with E-state index in [9.17, 15) is 0 Å². The van der Waals surface area contributed by atoms with Gasteiger partial charge in [0.25, 0.3) is 0 Å². The maximum Gasteiger partial charge on any atom is 0.235 e. The Labute approximate surface area is 825 Å². The molecule has 0 aliphatic heterocycles. The fourth-order valence-corrected chi connectivity index (χ4v) is 26.0. The molecule has 0 bridgehead atoms. The zero-order valence-electron chi connectivity index (χ0n) is 76.2. The molecule has 0 radical (unpaired) electrons. The van der Waals surface area contributed by atoms with Crippen molar-refractivity contribution in [2.45, 2.75) is 0 Å². The molecule has 0 fully saturated rings. The van der Waals surface area contributed by atoms with Gasteiger partial charge in [-0.05, 0) is 156 Å². The molecule has 9 aromatic heterocycles. The molecule has 22 aromatic carbocycles. The molecule has 31 aromatic rings. The normalized spacial score (nSPS) is 11.9. The minimum absolute atomic E-state index is 0.669. The number of fused-ring (bicyclic) bond motifs is 34. The summed E-state index contributed by atoms with van der Waals surface area (Å²) in [4.78, 5) is 31.6. The first-order chi connectivity index (χ1) is 70.5. The minimum atomic E-state index is 0.669. The molecule has 142 heavy (non-hydrogen) atoms. The van der Waals surface area contributed by atoms with Crippen LogP contribution < -0.4 is 0 Å². The summed E-state index contributed by atoms with van der Waals surface area (Å²) >= 11 is 5.61. The number of aromatic nitrogens is 9. The second-order valence-electron chi connectivity index (χ2n) is 36.5. The Morgan fingerprint density at radius 2 is 0.479 bits per heavy atom. The SMILES string of the molecule is c1ccc(-c2ccc(-c3nc(-n4c5ccc(-c6ccccc6)cc5c5c6ccccc6c6c7ccccc7sc6c54)nc4ccccc34)cc2)cc1.c1ccc(-c2nc(-c3ccc(-n4c5ccccc5c5c6ccccc6c6c7ccccc7sc6c54)cc3)nc3ccccc23)cc1.c1ccc2cc(-c3nc(-n4c5ccccc5c5c6ccccc6c6c7ccccc7sc6c54)nc4ccccc34)ccc2c1. The van der Waals surface area contributed by atoms with Gasteiger partial charge in [-0.1, -0.05) is 376 Å². The molecule has 31 rings (SSSR count). The highest BCUT2D eigenvalue weighted by Crippen LogP contribution is 2.54. The van der Waals surface area contributed by atoms with Gasteiger partial charge in [-0.3, -0.25) is 9.13 Å². The van der Waals surface area contributed by atoms with Crippen LogP contribution >= 0.6 is 34.0 Å². The van der Waals surface area contributed by atoms with Crippen LogP contribution in [-0.4, -0.2) is 43.6 Å². The number of hydrogen-bond donors (Lipinski definition) is 0. The highest BCUT2D eigenvalue weighted by atomic mass is 32.1. The van der Waals surface area contributed by atoms with E-state index in [1.807, 2.05) is 46.1 Å². The van der Waals surface area contributed by atoms with Crippen LogP contribution in [0.15, 0.2) is 467 Å². The highest BCUT2D eigenvalue weighted by Gasteiger charge is 2.29. The lowest BCUT2D eigenvalue weighted by atomic mass is 9.97. The molecule has 9 nitrogen and oxygen atoms in total. The number of nitrogens with zero attached hydrogens (tertiary/aromatic N) is 9.